The lowest BCUT2D eigenvalue weighted by Crippen LogP contribution is -2.12. The summed E-state index contributed by atoms with van der Waals surface area (Å²) in [4.78, 5) is 0. The number of benzene rings is 1. The molecule has 2 rings (SSSR count). The van der Waals surface area contributed by atoms with Crippen molar-refractivity contribution in [1.29, 1.82) is 0 Å². The van der Waals surface area contributed by atoms with Crippen LogP contribution in [0.3, 0.4) is 0 Å². The van der Waals surface area contributed by atoms with Crippen LogP contribution in [-0.2, 0) is 0 Å². The van der Waals surface area contributed by atoms with Gasteiger partial charge in [0.1, 0.15) is 0 Å². The molecule has 0 aliphatic carbocycles. The second-order valence-corrected chi connectivity index (χ2v) is 2.83. The van der Waals surface area contributed by atoms with E-state index >= 15 is 0 Å². The molecule has 1 atom stereocenters. The quantitative estimate of drug-likeness (QED) is 0.693. The van der Waals surface area contributed by atoms with Crippen LogP contribution in [0.15, 0.2) is 18.2 Å². The Bertz CT molecular complexity index is 314. The minimum absolute atomic E-state index is 0.180. The number of rotatable bonds is 2. The van der Waals surface area contributed by atoms with Crippen LogP contribution < -0.4 is 15.2 Å². The van der Waals surface area contributed by atoms with E-state index in [0.29, 0.717) is 17.1 Å². The highest BCUT2D eigenvalue weighted by atomic mass is 16.7. The van der Waals surface area contributed by atoms with Gasteiger partial charge >= 0.3 is 0 Å². The molecule has 4 heteroatoms. The summed E-state index contributed by atoms with van der Waals surface area (Å²) >= 11 is 0. The lowest BCUT2D eigenvalue weighted by atomic mass is 10.1. The molecule has 3 N–H and O–H groups in total. The van der Waals surface area contributed by atoms with Gasteiger partial charge in [-0.1, -0.05) is 12.1 Å². The molecular formula is C9H11NO3. The number of para-hydroxylation sites is 1. The highest BCUT2D eigenvalue weighted by Gasteiger charge is 2.20. The molecule has 0 bridgehead atoms. The predicted molar refractivity (Wildman–Crippen MR) is 46.6 cm³/mol. The lowest BCUT2D eigenvalue weighted by Gasteiger charge is -2.10. The van der Waals surface area contributed by atoms with Gasteiger partial charge in [0.2, 0.25) is 6.79 Å². The molecule has 0 fully saturated rings. The third kappa shape index (κ3) is 1.34. The van der Waals surface area contributed by atoms with Crippen molar-refractivity contribution in [2.45, 2.75) is 6.10 Å². The molecule has 70 valence electrons. The normalized spacial score (nSPS) is 15.8. The van der Waals surface area contributed by atoms with Crippen molar-refractivity contribution in [3.63, 3.8) is 0 Å². The smallest absolute Gasteiger partial charge is 0.231 e. The zero-order valence-electron chi connectivity index (χ0n) is 7.06. The highest BCUT2D eigenvalue weighted by Crippen LogP contribution is 2.37. The van der Waals surface area contributed by atoms with E-state index in [-0.39, 0.29) is 13.3 Å². The second-order valence-electron chi connectivity index (χ2n) is 2.83. The largest absolute Gasteiger partial charge is 0.454 e. The zero-order chi connectivity index (χ0) is 9.26. The van der Waals surface area contributed by atoms with E-state index in [1.165, 1.54) is 0 Å². The molecule has 0 amide bonds. The number of aliphatic hydroxyl groups is 1. The maximum absolute atomic E-state index is 9.53. The van der Waals surface area contributed by atoms with Crippen molar-refractivity contribution in [2.24, 2.45) is 5.73 Å². The van der Waals surface area contributed by atoms with Gasteiger partial charge in [0.25, 0.3) is 0 Å². The topological polar surface area (TPSA) is 64.7 Å². The SMILES string of the molecule is NCC(O)c1cccc2c1OCO2. The van der Waals surface area contributed by atoms with E-state index in [1.807, 2.05) is 6.07 Å². The minimum atomic E-state index is -0.684. The Morgan fingerprint density at radius 2 is 2.31 bits per heavy atom. The van der Waals surface area contributed by atoms with E-state index in [9.17, 15) is 5.11 Å². The van der Waals surface area contributed by atoms with Gasteiger partial charge in [-0.25, -0.2) is 0 Å². The Hall–Kier alpha value is -1.26. The van der Waals surface area contributed by atoms with Crippen molar-refractivity contribution in [3.05, 3.63) is 23.8 Å². The summed E-state index contributed by atoms with van der Waals surface area (Å²) in [7, 11) is 0. The number of aliphatic hydroxyl groups excluding tert-OH is 1. The van der Waals surface area contributed by atoms with Gasteiger partial charge in [-0.05, 0) is 6.07 Å². The first-order valence-corrected chi connectivity index (χ1v) is 4.09. The molecule has 1 aromatic carbocycles. The fourth-order valence-corrected chi connectivity index (χ4v) is 1.34. The molecule has 1 unspecified atom stereocenters. The van der Waals surface area contributed by atoms with Crippen LogP contribution in [0.25, 0.3) is 0 Å². The summed E-state index contributed by atoms with van der Waals surface area (Å²) in [6.45, 7) is 0.392. The average Bonchev–Trinajstić information content (AvgIpc) is 2.63. The first-order chi connectivity index (χ1) is 6.33. The van der Waals surface area contributed by atoms with E-state index < -0.39 is 6.10 Å². The summed E-state index contributed by atoms with van der Waals surface area (Å²) < 4.78 is 10.4. The zero-order valence-corrected chi connectivity index (χ0v) is 7.06. The Balaban J connectivity index is 2.41. The van der Waals surface area contributed by atoms with Crippen LogP contribution in [0.5, 0.6) is 11.5 Å². The predicted octanol–water partition coefficient (Wildman–Crippen LogP) is 0.407. The highest BCUT2D eigenvalue weighted by molar-refractivity contribution is 5.49. The van der Waals surface area contributed by atoms with Crippen LogP contribution in [-0.4, -0.2) is 18.4 Å². The molecule has 1 heterocycles. The van der Waals surface area contributed by atoms with E-state index in [1.54, 1.807) is 12.1 Å². The Morgan fingerprint density at radius 3 is 3.08 bits per heavy atom. The molecule has 0 saturated heterocycles. The van der Waals surface area contributed by atoms with Gasteiger partial charge in [0.15, 0.2) is 11.5 Å². The van der Waals surface area contributed by atoms with Crippen LogP contribution in [0.2, 0.25) is 0 Å². The first kappa shape index (κ1) is 8.34. The Morgan fingerprint density at radius 1 is 1.46 bits per heavy atom. The van der Waals surface area contributed by atoms with Gasteiger partial charge in [-0.2, -0.15) is 0 Å². The molecule has 0 saturated carbocycles. The van der Waals surface area contributed by atoms with E-state index in [0.717, 1.165) is 0 Å². The molecule has 1 aliphatic rings. The minimum Gasteiger partial charge on any atom is -0.454 e. The number of hydrogen-bond donors (Lipinski definition) is 2. The molecule has 13 heavy (non-hydrogen) atoms. The summed E-state index contributed by atoms with van der Waals surface area (Å²) in [6, 6.07) is 5.39. The standard InChI is InChI=1S/C9H11NO3/c10-4-7(11)6-2-1-3-8-9(6)13-5-12-8/h1-3,7,11H,4-5,10H2. The van der Waals surface area contributed by atoms with E-state index in [2.05, 4.69) is 0 Å². The van der Waals surface area contributed by atoms with Crippen LogP contribution in [0.4, 0.5) is 0 Å². The van der Waals surface area contributed by atoms with Crippen molar-refractivity contribution in [1.82, 2.24) is 0 Å². The van der Waals surface area contributed by atoms with Crippen LogP contribution >= 0.6 is 0 Å². The number of ether oxygens (including phenoxy) is 2. The number of fused-ring (bicyclic) bond motifs is 1. The van der Waals surface area contributed by atoms with Crippen LogP contribution in [0.1, 0.15) is 11.7 Å². The molecular weight excluding hydrogens is 170 g/mol. The first-order valence-electron chi connectivity index (χ1n) is 4.09. The molecule has 0 aromatic heterocycles. The fraction of sp³-hybridized carbons (Fsp3) is 0.333. The third-order valence-electron chi connectivity index (χ3n) is 2.01. The van der Waals surface area contributed by atoms with Crippen molar-refractivity contribution in [2.75, 3.05) is 13.3 Å². The number of hydrogen-bond acceptors (Lipinski definition) is 4. The second kappa shape index (κ2) is 3.24. The number of nitrogens with two attached hydrogens (primary N) is 1. The summed E-state index contributed by atoms with van der Waals surface area (Å²) in [5.74, 6) is 1.28. The summed E-state index contributed by atoms with van der Waals surface area (Å²) in [5, 5.41) is 9.53. The monoisotopic (exact) mass is 181 g/mol. The van der Waals surface area contributed by atoms with Gasteiger partial charge in [0, 0.05) is 12.1 Å². The van der Waals surface area contributed by atoms with Gasteiger partial charge in [-0.15, -0.1) is 0 Å². The summed E-state index contributed by atoms with van der Waals surface area (Å²) in [5.41, 5.74) is 6.04. The average molecular weight is 181 g/mol. The molecule has 0 radical (unpaired) electrons. The van der Waals surface area contributed by atoms with Crippen LogP contribution in [0, 0.1) is 0 Å². The third-order valence-corrected chi connectivity index (χ3v) is 2.01. The van der Waals surface area contributed by atoms with Gasteiger partial charge in [-0.3, -0.25) is 0 Å². The van der Waals surface area contributed by atoms with E-state index in [4.69, 9.17) is 15.2 Å². The molecule has 1 aliphatic heterocycles. The molecule has 1 aromatic rings. The Kier molecular flexibility index (Phi) is 2.08. The molecule has 0 spiro atoms. The summed E-state index contributed by atoms with van der Waals surface area (Å²) in [6.07, 6.45) is -0.684. The van der Waals surface area contributed by atoms with Gasteiger partial charge < -0.3 is 20.3 Å². The van der Waals surface area contributed by atoms with Crippen molar-refractivity contribution >= 4 is 0 Å². The Labute approximate surface area is 75.9 Å². The van der Waals surface area contributed by atoms with Crippen molar-refractivity contribution < 1.29 is 14.6 Å². The molecule has 4 nitrogen and oxygen atoms in total. The lowest BCUT2D eigenvalue weighted by molar-refractivity contribution is 0.161. The fourth-order valence-electron chi connectivity index (χ4n) is 1.34. The maximum atomic E-state index is 9.53. The van der Waals surface area contributed by atoms with Gasteiger partial charge in [0.05, 0.1) is 6.10 Å². The van der Waals surface area contributed by atoms with Crippen molar-refractivity contribution in [3.8, 4) is 11.5 Å². The maximum Gasteiger partial charge on any atom is 0.231 e.